The molecule has 1 nitrogen and oxygen atoms in total. The van der Waals surface area contributed by atoms with Gasteiger partial charge in [0.15, 0.2) is 0 Å². The van der Waals surface area contributed by atoms with Gasteiger partial charge in [0.25, 0.3) is 0 Å². The van der Waals surface area contributed by atoms with Crippen LogP contribution in [0.2, 0.25) is 0 Å². The van der Waals surface area contributed by atoms with E-state index < -0.39 is 0 Å². The molecule has 1 aromatic rings. The van der Waals surface area contributed by atoms with Crippen molar-refractivity contribution in [2.24, 2.45) is 10.8 Å². The van der Waals surface area contributed by atoms with E-state index in [0.717, 1.165) is 0 Å². The fourth-order valence-electron chi connectivity index (χ4n) is 2.17. The molecule has 0 heterocycles. The molecule has 0 amide bonds. The van der Waals surface area contributed by atoms with Gasteiger partial charge in [0.2, 0.25) is 0 Å². The molecule has 0 aliphatic heterocycles. The first kappa shape index (κ1) is 20.2. The number of hydrogen-bond donors (Lipinski definition) is 0. The van der Waals surface area contributed by atoms with Crippen LogP contribution in [0.4, 0.5) is 0 Å². The average Bonchev–Trinajstić information content (AvgIpc) is 2.26. The molecule has 0 unspecified atom stereocenters. The standard InChI is InChI=1S/C20H34.H2O/c1-17(2,3)19(7,8)15-11-13-16(14-12-15)20(9,10)18(4,5)6;/h11-14H,1-10H3;1H2. The summed E-state index contributed by atoms with van der Waals surface area (Å²) in [5.74, 6) is 0. The molecule has 1 aromatic carbocycles. The van der Waals surface area contributed by atoms with E-state index in [0.29, 0.717) is 0 Å². The van der Waals surface area contributed by atoms with Gasteiger partial charge in [-0.15, -0.1) is 0 Å². The second-order valence-corrected chi connectivity index (χ2v) is 9.33. The van der Waals surface area contributed by atoms with Crippen molar-refractivity contribution >= 4 is 0 Å². The monoisotopic (exact) mass is 292 g/mol. The van der Waals surface area contributed by atoms with Crippen LogP contribution >= 0.6 is 0 Å². The largest absolute Gasteiger partial charge is 0.412 e. The Kier molecular flexibility index (Phi) is 5.53. The number of benzene rings is 1. The van der Waals surface area contributed by atoms with Crippen molar-refractivity contribution in [2.45, 2.75) is 80.1 Å². The van der Waals surface area contributed by atoms with Gasteiger partial charge in [-0.2, -0.15) is 0 Å². The highest BCUT2D eigenvalue weighted by molar-refractivity contribution is 5.34. The summed E-state index contributed by atoms with van der Waals surface area (Å²) < 4.78 is 0. The number of rotatable bonds is 2. The van der Waals surface area contributed by atoms with Crippen molar-refractivity contribution in [3.05, 3.63) is 35.4 Å². The lowest BCUT2D eigenvalue weighted by molar-refractivity contribution is 0.221. The summed E-state index contributed by atoms with van der Waals surface area (Å²) in [6.07, 6.45) is 0. The highest BCUT2D eigenvalue weighted by Crippen LogP contribution is 2.43. The zero-order valence-corrected chi connectivity index (χ0v) is 15.8. The first-order valence-corrected chi connectivity index (χ1v) is 7.82. The van der Waals surface area contributed by atoms with Crippen LogP contribution in [0.3, 0.4) is 0 Å². The highest BCUT2D eigenvalue weighted by Gasteiger charge is 2.36. The molecule has 1 rings (SSSR count). The van der Waals surface area contributed by atoms with E-state index in [4.69, 9.17) is 0 Å². The van der Waals surface area contributed by atoms with Gasteiger partial charge in [0.05, 0.1) is 0 Å². The molecule has 0 saturated carbocycles. The Morgan fingerprint density at radius 1 is 0.476 bits per heavy atom. The molecule has 0 fully saturated rings. The van der Waals surface area contributed by atoms with E-state index in [1.54, 1.807) is 0 Å². The zero-order valence-electron chi connectivity index (χ0n) is 15.8. The summed E-state index contributed by atoms with van der Waals surface area (Å²) in [4.78, 5) is 0. The summed E-state index contributed by atoms with van der Waals surface area (Å²) in [6, 6.07) is 9.31. The quantitative estimate of drug-likeness (QED) is 0.688. The molecular formula is C20H36O. The van der Waals surface area contributed by atoms with Crippen LogP contribution in [0.1, 0.15) is 80.4 Å². The van der Waals surface area contributed by atoms with Gasteiger partial charge in [0, 0.05) is 0 Å². The molecule has 0 spiro atoms. The molecule has 0 bridgehead atoms. The van der Waals surface area contributed by atoms with Crippen LogP contribution in [0.5, 0.6) is 0 Å². The van der Waals surface area contributed by atoms with Gasteiger partial charge < -0.3 is 5.48 Å². The van der Waals surface area contributed by atoms with Gasteiger partial charge in [-0.3, -0.25) is 0 Å². The molecule has 0 aromatic heterocycles. The maximum Gasteiger partial charge on any atom is -0.00551 e. The lowest BCUT2D eigenvalue weighted by Crippen LogP contribution is -2.35. The van der Waals surface area contributed by atoms with Gasteiger partial charge in [-0.1, -0.05) is 93.5 Å². The van der Waals surface area contributed by atoms with Gasteiger partial charge >= 0.3 is 0 Å². The molecule has 0 radical (unpaired) electrons. The van der Waals surface area contributed by atoms with Gasteiger partial charge in [-0.05, 0) is 32.8 Å². The van der Waals surface area contributed by atoms with Gasteiger partial charge in [0.1, 0.15) is 0 Å². The normalized spacial score (nSPS) is 13.8. The van der Waals surface area contributed by atoms with E-state index in [1.807, 2.05) is 0 Å². The summed E-state index contributed by atoms with van der Waals surface area (Å²) in [6.45, 7) is 23.3. The second kappa shape index (κ2) is 5.76. The first-order chi connectivity index (χ1) is 8.71. The molecule has 0 aliphatic carbocycles. The van der Waals surface area contributed by atoms with Crippen LogP contribution in [0, 0.1) is 10.8 Å². The second-order valence-electron chi connectivity index (χ2n) is 9.33. The Labute approximate surface area is 132 Å². The Bertz CT molecular complexity index is 405. The molecule has 0 saturated heterocycles. The van der Waals surface area contributed by atoms with Crippen molar-refractivity contribution in [1.82, 2.24) is 0 Å². The lowest BCUT2D eigenvalue weighted by Gasteiger charge is -2.41. The minimum Gasteiger partial charge on any atom is -0.412 e. The predicted molar refractivity (Wildman–Crippen MR) is 95.0 cm³/mol. The predicted octanol–water partition coefficient (Wildman–Crippen LogP) is 5.51. The lowest BCUT2D eigenvalue weighted by atomic mass is 9.63. The van der Waals surface area contributed by atoms with Crippen LogP contribution in [0.15, 0.2) is 24.3 Å². The Balaban J connectivity index is 0.00000400. The molecule has 21 heavy (non-hydrogen) atoms. The van der Waals surface area contributed by atoms with Crippen LogP contribution in [-0.2, 0) is 10.8 Å². The van der Waals surface area contributed by atoms with Crippen molar-refractivity contribution in [2.75, 3.05) is 0 Å². The van der Waals surface area contributed by atoms with E-state index >= 15 is 0 Å². The van der Waals surface area contributed by atoms with Crippen molar-refractivity contribution < 1.29 is 5.48 Å². The van der Waals surface area contributed by atoms with Crippen LogP contribution in [-0.4, -0.2) is 5.48 Å². The third-order valence-electron chi connectivity index (χ3n) is 6.08. The van der Waals surface area contributed by atoms with Crippen molar-refractivity contribution in [3.8, 4) is 0 Å². The zero-order chi connectivity index (χ0) is 16.0. The minimum absolute atomic E-state index is 0. The Hall–Kier alpha value is -0.820. The van der Waals surface area contributed by atoms with Crippen molar-refractivity contribution in [1.29, 1.82) is 0 Å². The highest BCUT2D eigenvalue weighted by atomic mass is 16.0. The molecule has 0 atom stereocenters. The fraction of sp³-hybridized carbons (Fsp3) is 0.700. The van der Waals surface area contributed by atoms with E-state index in [2.05, 4.69) is 93.5 Å². The third kappa shape index (κ3) is 3.69. The van der Waals surface area contributed by atoms with E-state index in [9.17, 15) is 0 Å². The summed E-state index contributed by atoms with van der Waals surface area (Å²) >= 11 is 0. The summed E-state index contributed by atoms with van der Waals surface area (Å²) in [5.41, 5.74) is 3.73. The van der Waals surface area contributed by atoms with Gasteiger partial charge in [-0.25, -0.2) is 0 Å². The number of hydrogen-bond acceptors (Lipinski definition) is 0. The first-order valence-electron chi connectivity index (χ1n) is 7.82. The van der Waals surface area contributed by atoms with Crippen LogP contribution in [0.25, 0.3) is 0 Å². The molecule has 2 N–H and O–H groups in total. The molecule has 1 heteroatoms. The molecule has 0 aliphatic rings. The fourth-order valence-corrected chi connectivity index (χ4v) is 2.17. The summed E-state index contributed by atoms with van der Waals surface area (Å²) in [7, 11) is 0. The van der Waals surface area contributed by atoms with Crippen molar-refractivity contribution in [3.63, 3.8) is 0 Å². The average molecular weight is 293 g/mol. The third-order valence-corrected chi connectivity index (χ3v) is 6.08. The maximum atomic E-state index is 2.34. The summed E-state index contributed by atoms with van der Waals surface area (Å²) in [5, 5.41) is 0. The topological polar surface area (TPSA) is 31.5 Å². The van der Waals surface area contributed by atoms with E-state index in [1.165, 1.54) is 11.1 Å². The smallest absolute Gasteiger partial charge is 0.00551 e. The minimum atomic E-state index is 0. The SMILES string of the molecule is CC(C)(C)C(C)(C)c1ccc(C(C)(C)C(C)(C)C)cc1.O. The van der Waals surface area contributed by atoms with E-state index in [-0.39, 0.29) is 27.1 Å². The Morgan fingerprint density at radius 3 is 0.810 bits per heavy atom. The molecule has 122 valence electrons. The Morgan fingerprint density at radius 2 is 0.667 bits per heavy atom. The molecular weight excluding hydrogens is 256 g/mol. The van der Waals surface area contributed by atoms with Crippen LogP contribution < -0.4 is 0 Å². The maximum absolute atomic E-state index is 2.34.